The number of hydrogen-bond acceptors (Lipinski definition) is 4. The normalized spacial score (nSPS) is 9.19. The molecule has 0 aliphatic heterocycles. The van der Waals surface area contributed by atoms with Crippen molar-refractivity contribution < 1.29 is 0 Å². The number of nitrogens with zero attached hydrogens (tertiary/aromatic N) is 2. The van der Waals surface area contributed by atoms with Gasteiger partial charge in [-0.3, -0.25) is 0 Å². The highest BCUT2D eigenvalue weighted by atomic mass is 32.2. The van der Waals surface area contributed by atoms with Crippen molar-refractivity contribution in [1.29, 1.82) is 10.5 Å². The van der Waals surface area contributed by atoms with E-state index in [1.54, 1.807) is 12.1 Å². The van der Waals surface area contributed by atoms with Crippen molar-refractivity contribution in [1.82, 2.24) is 0 Å². The van der Waals surface area contributed by atoms with E-state index in [-0.39, 0.29) is 0 Å². The Kier molecular flexibility index (Phi) is 5.25. The number of rotatable bonds is 5. The van der Waals surface area contributed by atoms with Gasteiger partial charge >= 0.3 is 0 Å². The highest BCUT2D eigenvalue weighted by molar-refractivity contribution is 7.99. The first-order valence-electron chi connectivity index (χ1n) is 5.07. The summed E-state index contributed by atoms with van der Waals surface area (Å²) in [6, 6.07) is 9.24. The SMILES string of the molecule is CCSCCNc1ccc(C#N)c(C#N)c1. The van der Waals surface area contributed by atoms with Crippen molar-refractivity contribution in [2.24, 2.45) is 0 Å². The van der Waals surface area contributed by atoms with Gasteiger partial charge in [0.2, 0.25) is 0 Å². The lowest BCUT2D eigenvalue weighted by Crippen LogP contribution is -2.04. The maximum Gasteiger partial charge on any atom is 0.101 e. The summed E-state index contributed by atoms with van der Waals surface area (Å²) < 4.78 is 0. The smallest absolute Gasteiger partial charge is 0.101 e. The van der Waals surface area contributed by atoms with E-state index in [0.717, 1.165) is 23.7 Å². The molecule has 0 aromatic heterocycles. The summed E-state index contributed by atoms with van der Waals surface area (Å²) >= 11 is 1.87. The van der Waals surface area contributed by atoms with E-state index in [0.29, 0.717) is 11.1 Å². The minimum absolute atomic E-state index is 0.427. The predicted octanol–water partition coefficient (Wildman–Crippen LogP) is 2.59. The minimum Gasteiger partial charge on any atom is -0.384 e. The van der Waals surface area contributed by atoms with Gasteiger partial charge in [-0.2, -0.15) is 22.3 Å². The molecule has 0 bridgehead atoms. The molecule has 0 saturated heterocycles. The van der Waals surface area contributed by atoms with E-state index >= 15 is 0 Å². The third kappa shape index (κ3) is 3.49. The zero-order valence-electron chi connectivity index (χ0n) is 9.16. The van der Waals surface area contributed by atoms with Crippen molar-refractivity contribution >= 4 is 17.4 Å². The largest absolute Gasteiger partial charge is 0.384 e. The van der Waals surface area contributed by atoms with Crippen LogP contribution in [-0.4, -0.2) is 18.1 Å². The fraction of sp³-hybridized carbons (Fsp3) is 0.333. The molecule has 0 unspecified atom stereocenters. The summed E-state index contributed by atoms with van der Waals surface area (Å²) in [5, 5.41) is 20.8. The second-order valence-electron chi connectivity index (χ2n) is 3.11. The van der Waals surface area contributed by atoms with Gasteiger partial charge in [0, 0.05) is 18.0 Å². The van der Waals surface area contributed by atoms with E-state index in [1.807, 2.05) is 30.0 Å². The number of anilines is 1. The number of hydrogen-bond donors (Lipinski definition) is 1. The van der Waals surface area contributed by atoms with E-state index in [1.165, 1.54) is 0 Å². The second kappa shape index (κ2) is 6.76. The molecule has 0 amide bonds. The Morgan fingerprint density at radius 2 is 2.00 bits per heavy atom. The number of nitrogens with one attached hydrogen (secondary N) is 1. The standard InChI is InChI=1S/C12H13N3S/c1-2-16-6-5-15-12-4-3-10(8-13)11(7-12)9-14/h3-4,7,15H,2,5-6H2,1H3. The van der Waals surface area contributed by atoms with Gasteiger partial charge in [-0.1, -0.05) is 6.92 Å². The average molecular weight is 231 g/mol. The zero-order chi connectivity index (χ0) is 11.8. The van der Waals surface area contributed by atoms with Crippen LogP contribution in [0.2, 0.25) is 0 Å². The van der Waals surface area contributed by atoms with Gasteiger partial charge in [0.25, 0.3) is 0 Å². The minimum atomic E-state index is 0.427. The molecule has 82 valence electrons. The lowest BCUT2D eigenvalue weighted by molar-refractivity contribution is 1.22. The topological polar surface area (TPSA) is 59.6 Å². The Bertz CT molecular complexity index is 429. The first kappa shape index (κ1) is 12.4. The van der Waals surface area contributed by atoms with Gasteiger partial charge in [-0.05, 0) is 24.0 Å². The average Bonchev–Trinajstić information content (AvgIpc) is 2.34. The van der Waals surface area contributed by atoms with Crippen molar-refractivity contribution in [2.75, 3.05) is 23.4 Å². The van der Waals surface area contributed by atoms with Crippen molar-refractivity contribution in [2.45, 2.75) is 6.92 Å². The van der Waals surface area contributed by atoms with Crippen LogP contribution in [0.5, 0.6) is 0 Å². The van der Waals surface area contributed by atoms with Crippen LogP contribution in [0.4, 0.5) is 5.69 Å². The van der Waals surface area contributed by atoms with Crippen LogP contribution in [-0.2, 0) is 0 Å². The summed E-state index contributed by atoms with van der Waals surface area (Å²) in [4.78, 5) is 0. The van der Waals surface area contributed by atoms with E-state index in [4.69, 9.17) is 10.5 Å². The molecule has 0 atom stereocenters. The third-order valence-corrected chi connectivity index (χ3v) is 2.94. The molecule has 1 aromatic carbocycles. The van der Waals surface area contributed by atoms with Gasteiger partial charge in [-0.25, -0.2) is 0 Å². The predicted molar refractivity (Wildman–Crippen MR) is 67.4 cm³/mol. The summed E-state index contributed by atoms with van der Waals surface area (Å²) in [5.74, 6) is 2.15. The molecule has 1 aromatic rings. The fourth-order valence-electron chi connectivity index (χ4n) is 1.26. The molecule has 0 spiro atoms. The van der Waals surface area contributed by atoms with Gasteiger partial charge in [0.05, 0.1) is 11.1 Å². The molecule has 0 aliphatic carbocycles. The van der Waals surface area contributed by atoms with E-state index < -0.39 is 0 Å². The van der Waals surface area contributed by atoms with Crippen LogP contribution in [0.25, 0.3) is 0 Å². The van der Waals surface area contributed by atoms with Gasteiger partial charge in [-0.15, -0.1) is 0 Å². The van der Waals surface area contributed by atoms with Gasteiger partial charge in [0.15, 0.2) is 0 Å². The third-order valence-electron chi connectivity index (χ3n) is 2.04. The van der Waals surface area contributed by atoms with Crippen LogP contribution < -0.4 is 5.32 Å². The summed E-state index contributed by atoms with van der Waals surface area (Å²) in [6.07, 6.45) is 0. The molecule has 0 saturated carbocycles. The maximum atomic E-state index is 8.85. The summed E-state index contributed by atoms with van der Waals surface area (Å²) in [7, 11) is 0. The molecule has 0 aliphatic rings. The molecule has 0 heterocycles. The Morgan fingerprint density at radius 1 is 1.25 bits per heavy atom. The van der Waals surface area contributed by atoms with Gasteiger partial charge < -0.3 is 5.32 Å². The first-order valence-corrected chi connectivity index (χ1v) is 6.23. The van der Waals surface area contributed by atoms with Crippen molar-refractivity contribution in [3.05, 3.63) is 29.3 Å². The summed E-state index contributed by atoms with van der Waals surface area (Å²) in [5.41, 5.74) is 1.75. The Morgan fingerprint density at radius 3 is 2.62 bits per heavy atom. The Labute approximate surface area is 100 Å². The van der Waals surface area contributed by atoms with Crippen LogP contribution in [0.15, 0.2) is 18.2 Å². The van der Waals surface area contributed by atoms with Crippen molar-refractivity contribution in [3.63, 3.8) is 0 Å². The Hall–Kier alpha value is -1.65. The van der Waals surface area contributed by atoms with Crippen LogP contribution >= 0.6 is 11.8 Å². The highest BCUT2D eigenvalue weighted by Gasteiger charge is 2.01. The molecular formula is C12H13N3S. The van der Waals surface area contributed by atoms with Gasteiger partial charge in [0.1, 0.15) is 12.1 Å². The fourth-order valence-corrected chi connectivity index (χ4v) is 1.79. The van der Waals surface area contributed by atoms with Crippen molar-refractivity contribution in [3.8, 4) is 12.1 Å². The molecular weight excluding hydrogens is 218 g/mol. The van der Waals surface area contributed by atoms with Crippen LogP contribution in [0.3, 0.4) is 0 Å². The first-order chi connectivity index (χ1) is 7.81. The quantitative estimate of drug-likeness (QED) is 0.791. The maximum absolute atomic E-state index is 8.85. The monoisotopic (exact) mass is 231 g/mol. The number of benzene rings is 1. The van der Waals surface area contributed by atoms with Crippen LogP contribution in [0, 0.1) is 22.7 Å². The van der Waals surface area contributed by atoms with E-state index in [2.05, 4.69) is 12.2 Å². The van der Waals surface area contributed by atoms with Crippen LogP contribution in [0.1, 0.15) is 18.1 Å². The number of nitriles is 2. The second-order valence-corrected chi connectivity index (χ2v) is 4.50. The highest BCUT2D eigenvalue weighted by Crippen LogP contribution is 2.14. The zero-order valence-corrected chi connectivity index (χ0v) is 9.97. The summed E-state index contributed by atoms with van der Waals surface area (Å²) in [6.45, 7) is 3.00. The molecule has 16 heavy (non-hydrogen) atoms. The molecule has 0 radical (unpaired) electrons. The number of thioether (sulfide) groups is 1. The molecule has 1 rings (SSSR count). The van der Waals surface area contributed by atoms with E-state index in [9.17, 15) is 0 Å². The molecule has 1 N–H and O–H groups in total. The Balaban J connectivity index is 2.63. The molecule has 0 fully saturated rings. The molecule has 4 heteroatoms. The lowest BCUT2D eigenvalue weighted by atomic mass is 10.1. The lowest BCUT2D eigenvalue weighted by Gasteiger charge is -2.06. The molecule has 3 nitrogen and oxygen atoms in total.